The van der Waals surface area contributed by atoms with Crippen molar-refractivity contribution in [3.05, 3.63) is 60.4 Å². The molecular formula is C24H28N4O3. The van der Waals surface area contributed by atoms with Crippen LogP contribution >= 0.6 is 0 Å². The van der Waals surface area contributed by atoms with Gasteiger partial charge in [-0.05, 0) is 52.0 Å². The highest BCUT2D eigenvalue weighted by Gasteiger charge is 2.21. The maximum Gasteiger partial charge on any atom is 0.410 e. The van der Waals surface area contributed by atoms with Crippen LogP contribution in [0, 0.1) is 0 Å². The van der Waals surface area contributed by atoms with Gasteiger partial charge < -0.3 is 15.0 Å². The van der Waals surface area contributed by atoms with Gasteiger partial charge in [-0.2, -0.15) is 0 Å². The van der Waals surface area contributed by atoms with Crippen molar-refractivity contribution in [1.82, 2.24) is 20.2 Å². The van der Waals surface area contributed by atoms with Gasteiger partial charge in [0.05, 0.1) is 16.8 Å². The average molecular weight is 421 g/mol. The van der Waals surface area contributed by atoms with E-state index >= 15 is 0 Å². The van der Waals surface area contributed by atoms with Crippen LogP contribution in [0.1, 0.15) is 38.1 Å². The third-order valence-corrected chi connectivity index (χ3v) is 4.62. The molecule has 0 spiro atoms. The number of aromatic nitrogens is 2. The second kappa shape index (κ2) is 9.55. The number of carbonyl (C=O) groups is 2. The molecule has 31 heavy (non-hydrogen) atoms. The Labute approximate surface area is 182 Å². The van der Waals surface area contributed by atoms with E-state index in [0.717, 1.165) is 16.5 Å². The van der Waals surface area contributed by atoms with Gasteiger partial charge >= 0.3 is 6.09 Å². The zero-order chi connectivity index (χ0) is 22.4. The average Bonchev–Trinajstić information content (AvgIpc) is 2.75. The summed E-state index contributed by atoms with van der Waals surface area (Å²) in [7, 11) is 0. The number of benzene rings is 1. The predicted molar refractivity (Wildman–Crippen MR) is 121 cm³/mol. The van der Waals surface area contributed by atoms with E-state index in [4.69, 9.17) is 4.74 Å². The van der Waals surface area contributed by atoms with Gasteiger partial charge in [0.15, 0.2) is 0 Å². The fourth-order valence-electron chi connectivity index (χ4n) is 3.13. The first-order valence-electron chi connectivity index (χ1n) is 10.3. The quantitative estimate of drug-likeness (QED) is 0.643. The number of pyridine rings is 2. The second-order valence-corrected chi connectivity index (χ2v) is 8.13. The van der Waals surface area contributed by atoms with Gasteiger partial charge in [0, 0.05) is 43.0 Å². The molecule has 2 aromatic heterocycles. The van der Waals surface area contributed by atoms with Gasteiger partial charge in [0.2, 0.25) is 0 Å². The molecule has 0 saturated carbocycles. The number of hydrogen-bond acceptors (Lipinski definition) is 5. The maximum absolute atomic E-state index is 13.0. The highest BCUT2D eigenvalue weighted by atomic mass is 16.6. The summed E-state index contributed by atoms with van der Waals surface area (Å²) in [5.74, 6) is -0.219. The van der Waals surface area contributed by atoms with Gasteiger partial charge in [-0.15, -0.1) is 0 Å². The minimum atomic E-state index is -0.563. The monoisotopic (exact) mass is 420 g/mol. The minimum absolute atomic E-state index is 0.219. The molecule has 0 saturated heterocycles. The molecule has 0 unspecified atom stereocenters. The van der Waals surface area contributed by atoms with Crippen molar-refractivity contribution in [2.24, 2.45) is 0 Å². The van der Waals surface area contributed by atoms with Crippen LogP contribution in [-0.2, 0) is 4.74 Å². The molecule has 0 fully saturated rings. The van der Waals surface area contributed by atoms with Crippen molar-refractivity contribution in [2.45, 2.75) is 33.3 Å². The standard InChI is InChI=1S/C24H28N4O3/c1-5-28(23(30)31-24(2,3)4)14-13-26-22(29)19-15-21(17-9-8-12-25-16-17)27-20-11-7-6-10-18(19)20/h6-12,15-16H,5,13-14H2,1-4H3,(H,26,29). The molecule has 1 aromatic carbocycles. The number of para-hydroxylation sites is 1. The number of nitrogens with zero attached hydrogens (tertiary/aromatic N) is 3. The summed E-state index contributed by atoms with van der Waals surface area (Å²) in [6.45, 7) is 8.52. The van der Waals surface area contributed by atoms with Crippen molar-refractivity contribution in [3.8, 4) is 11.3 Å². The third-order valence-electron chi connectivity index (χ3n) is 4.62. The van der Waals surface area contributed by atoms with Crippen LogP contribution in [0.15, 0.2) is 54.9 Å². The molecule has 162 valence electrons. The number of likely N-dealkylation sites (N-methyl/N-ethyl adjacent to an activating group) is 1. The van der Waals surface area contributed by atoms with Gasteiger partial charge in [0.25, 0.3) is 5.91 Å². The molecule has 0 aliphatic carbocycles. The Morgan fingerprint density at radius 1 is 1.13 bits per heavy atom. The van der Waals surface area contributed by atoms with Crippen LogP contribution in [0.4, 0.5) is 4.79 Å². The van der Waals surface area contributed by atoms with E-state index in [1.807, 2.05) is 64.1 Å². The zero-order valence-electron chi connectivity index (χ0n) is 18.4. The van der Waals surface area contributed by atoms with E-state index in [0.29, 0.717) is 30.9 Å². The normalized spacial score (nSPS) is 11.2. The number of rotatable bonds is 6. The van der Waals surface area contributed by atoms with Crippen LogP contribution in [-0.4, -0.2) is 52.1 Å². The largest absolute Gasteiger partial charge is 0.444 e. The number of fused-ring (bicyclic) bond motifs is 1. The van der Waals surface area contributed by atoms with E-state index in [9.17, 15) is 9.59 Å². The van der Waals surface area contributed by atoms with Crippen LogP contribution in [0.25, 0.3) is 22.2 Å². The fraction of sp³-hybridized carbons (Fsp3) is 0.333. The van der Waals surface area contributed by atoms with Gasteiger partial charge in [-0.3, -0.25) is 9.78 Å². The van der Waals surface area contributed by atoms with Gasteiger partial charge in [-0.25, -0.2) is 9.78 Å². The van der Waals surface area contributed by atoms with E-state index in [1.54, 1.807) is 23.4 Å². The molecular weight excluding hydrogens is 392 g/mol. The first-order valence-corrected chi connectivity index (χ1v) is 10.3. The topological polar surface area (TPSA) is 84.4 Å². The summed E-state index contributed by atoms with van der Waals surface area (Å²) >= 11 is 0. The summed E-state index contributed by atoms with van der Waals surface area (Å²) < 4.78 is 5.42. The van der Waals surface area contributed by atoms with Crippen LogP contribution < -0.4 is 5.32 Å². The maximum atomic E-state index is 13.0. The van der Waals surface area contributed by atoms with Crippen molar-refractivity contribution in [1.29, 1.82) is 0 Å². The van der Waals surface area contributed by atoms with Crippen molar-refractivity contribution >= 4 is 22.9 Å². The van der Waals surface area contributed by atoms with Crippen LogP contribution in [0.5, 0.6) is 0 Å². The lowest BCUT2D eigenvalue weighted by atomic mass is 10.0. The third kappa shape index (κ3) is 5.78. The Morgan fingerprint density at radius 3 is 2.58 bits per heavy atom. The lowest BCUT2D eigenvalue weighted by Crippen LogP contribution is -2.41. The smallest absolute Gasteiger partial charge is 0.410 e. The Bertz CT molecular complexity index is 1060. The van der Waals surface area contributed by atoms with Crippen molar-refractivity contribution in [3.63, 3.8) is 0 Å². The number of hydrogen-bond donors (Lipinski definition) is 1. The van der Waals surface area contributed by atoms with Crippen molar-refractivity contribution in [2.75, 3.05) is 19.6 Å². The van der Waals surface area contributed by atoms with Gasteiger partial charge in [0.1, 0.15) is 5.60 Å². The molecule has 7 heteroatoms. The molecule has 0 aliphatic rings. The summed E-state index contributed by atoms with van der Waals surface area (Å²) in [5.41, 5.74) is 2.22. The Balaban J connectivity index is 1.77. The SMILES string of the molecule is CCN(CCNC(=O)c1cc(-c2cccnc2)nc2ccccc12)C(=O)OC(C)(C)C. The molecule has 2 heterocycles. The Hall–Kier alpha value is -3.48. The Kier molecular flexibility index (Phi) is 6.84. The van der Waals surface area contributed by atoms with E-state index in [2.05, 4.69) is 15.3 Å². The van der Waals surface area contributed by atoms with Crippen molar-refractivity contribution < 1.29 is 14.3 Å². The van der Waals surface area contributed by atoms with E-state index in [1.165, 1.54) is 0 Å². The molecule has 3 rings (SSSR count). The summed E-state index contributed by atoms with van der Waals surface area (Å²) in [6.07, 6.45) is 3.03. The predicted octanol–water partition coefficient (Wildman–Crippen LogP) is 4.28. The first-order chi connectivity index (χ1) is 14.8. The lowest BCUT2D eigenvalue weighted by molar-refractivity contribution is 0.0261. The molecule has 0 bridgehead atoms. The Morgan fingerprint density at radius 2 is 1.90 bits per heavy atom. The molecule has 0 atom stereocenters. The molecule has 7 nitrogen and oxygen atoms in total. The zero-order valence-corrected chi connectivity index (χ0v) is 18.4. The number of nitrogens with one attached hydrogen (secondary N) is 1. The van der Waals surface area contributed by atoms with Crippen LogP contribution in [0.3, 0.4) is 0 Å². The summed E-state index contributed by atoms with van der Waals surface area (Å²) in [6, 6.07) is 13.1. The van der Waals surface area contributed by atoms with E-state index in [-0.39, 0.29) is 5.91 Å². The first kappa shape index (κ1) is 22.2. The summed E-state index contributed by atoms with van der Waals surface area (Å²) in [4.78, 5) is 35.7. The fourth-order valence-corrected chi connectivity index (χ4v) is 3.13. The highest BCUT2D eigenvalue weighted by molar-refractivity contribution is 6.07. The molecule has 0 radical (unpaired) electrons. The molecule has 0 aliphatic heterocycles. The van der Waals surface area contributed by atoms with Gasteiger partial charge in [-0.1, -0.05) is 18.2 Å². The molecule has 3 aromatic rings. The number of carbonyl (C=O) groups excluding carboxylic acids is 2. The number of amides is 2. The number of ether oxygens (including phenoxy) is 1. The molecule has 2 amide bonds. The van der Waals surface area contributed by atoms with Crippen LogP contribution in [0.2, 0.25) is 0 Å². The van der Waals surface area contributed by atoms with E-state index < -0.39 is 11.7 Å². The lowest BCUT2D eigenvalue weighted by Gasteiger charge is -2.26. The summed E-state index contributed by atoms with van der Waals surface area (Å²) in [5, 5.41) is 3.69. The molecule has 1 N–H and O–H groups in total. The highest BCUT2D eigenvalue weighted by Crippen LogP contribution is 2.24. The minimum Gasteiger partial charge on any atom is -0.444 e. The second-order valence-electron chi connectivity index (χ2n) is 8.13.